The molecule has 2 rings (SSSR count). The number of aliphatic hydroxyl groups excluding tert-OH is 1. The average Bonchev–Trinajstić information content (AvgIpc) is 2.77. The molecule has 8 heteroatoms. The van der Waals surface area contributed by atoms with Crippen LogP contribution >= 0.6 is 0 Å². The third-order valence-electron chi connectivity index (χ3n) is 3.09. The van der Waals surface area contributed by atoms with Crippen LogP contribution in [0.4, 0.5) is 11.4 Å². The van der Waals surface area contributed by atoms with E-state index >= 15 is 0 Å². The zero-order chi connectivity index (χ0) is 14.2. The van der Waals surface area contributed by atoms with E-state index in [4.69, 9.17) is 0 Å². The second-order valence-electron chi connectivity index (χ2n) is 4.87. The zero-order valence-corrected chi connectivity index (χ0v) is 10.7. The van der Waals surface area contributed by atoms with E-state index in [9.17, 15) is 15.2 Å². The lowest BCUT2D eigenvalue weighted by Gasteiger charge is -2.30. The van der Waals surface area contributed by atoms with Crippen LogP contribution in [0.2, 0.25) is 0 Å². The van der Waals surface area contributed by atoms with E-state index in [1.165, 1.54) is 12.1 Å². The summed E-state index contributed by atoms with van der Waals surface area (Å²) in [6.45, 7) is 5.26. The summed E-state index contributed by atoms with van der Waals surface area (Å²) in [4.78, 5) is 10.3. The molecule has 19 heavy (non-hydrogen) atoms. The topological polar surface area (TPSA) is 114 Å². The number of aliphatic hydroxyl groups is 1. The van der Waals surface area contributed by atoms with Crippen LogP contribution in [-0.2, 0) is 0 Å². The standard InChI is InChI=1S/C11H14N4O4/c1-6(16)11(2,3)12-7-4-5-8(15(17)18)10-9(7)13-19-14-10/h4-6,12,16H,1-3H3. The molecule has 0 saturated carbocycles. The molecular weight excluding hydrogens is 252 g/mol. The monoisotopic (exact) mass is 266 g/mol. The molecule has 0 aliphatic rings. The highest BCUT2D eigenvalue weighted by atomic mass is 16.6. The number of non-ortho nitro benzene ring substituents is 1. The molecular formula is C11H14N4O4. The molecule has 0 amide bonds. The number of hydrogen-bond acceptors (Lipinski definition) is 7. The molecule has 1 atom stereocenters. The zero-order valence-electron chi connectivity index (χ0n) is 10.7. The number of aromatic nitrogens is 2. The number of nitro benzene ring substituents is 1. The van der Waals surface area contributed by atoms with Crippen LogP contribution in [0.15, 0.2) is 16.8 Å². The number of fused-ring (bicyclic) bond motifs is 1. The Morgan fingerprint density at radius 1 is 1.42 bits per heavy atom. The minimum Gasteiger partial charge on any atom is -0.391 e. The summed E-state index contributed by atoms with van der Waals surface area (Å²) in [6, 6.07) is 2.85. The van der Waals surface area contributed by atoms with Gasteiger partial charge in [-0.15, -0.1) is 0 Å². The van der Waals surface area contributed by atoms with Gasteiger partial charge >= 0.3 is 5.69 Å². The molecule has 0 saturated heterocycles. The number of rotatable bonds is 4. The first-order valence-electron chi connectivity index (χ1n) is 5.69. The highest BCUT2D eigenvalue weighted by molar-refractivity contribution is 5.93. The second kappa shape index (κ2) is 4.47. The first-order chi connectivity index (χ1) is 8.83. The molecule has 102 valence electrons. The van der Waals surface area contributed by atoms with Gasteiger partial charge in [0.1, 0.15) is 0 Å². The summed E-state index contributed by atoms with van der Waals surface area (Å²) in [7, 11) is 0. The lowest BCUT2D eigenvalue weighted by atomic mass is 9.98. The van der Waals surface area contributed by atoms with Gasteiger partial charge in [-0.3, -0.25) is 10.1 Å². The second-order valence-corrected chi connectivity index (χ2v) is 4.87. The Kier molecular flexibility index (Phi) is 3.11. The van der Waals surface area contributed by atoms with E-state index in [2.05, 4.69) is 20.3 Å². The summed E-state index contributed by atoms with van der Waals surface area (Å²) < 4.78 is 4.56. The number of anilines is 1. The molecule has 0 spiro atoms. The van der Waals surface area contributed by atoms with Crippen molar-refractivity contribution < 1.29 is 14.7 Å². The minimum absolute atomic E-state index is 0.0800. The van der Waals surface area contributed by atoms with Gasteiger partial charge in [0.05, 0.1) is 22.3 Å². The van der Waals surface area contributed by atoms with Crippen LogP contribution in [0, 0.1) is 10.1 Å². The maximum absolute atomic E-state index is 10.9. The number of benzene rings is 1. The summed E-state index contributed by atoms with van der Waals surface area (Å²) in [6.07, 6.45) is -0.627. The molecule has 1 unspecified atom stereocenters. The fourth-order valence-corrected chi connectivity index (χ4v) is 1.55. The van der Waals surface area contributed by atoms with Crippen molar-refractivity contribution in [1.82, 2.24) is 10.3 Å². The van der Waals surface area contributed by atoms with Gasteiger partial charge in [0, 0.05) is 6.07 Å². The summed E-state index contributed by atoms with van der Waals surface area (Å²) in [5, 5.41) is 30.8. The van der Waals surface area contributed by atoms with Crippen molar-refractivity contribution in [3.05, 3.63) is 22.2 Å². The molecule has 1 heterocycles. The number of hydrogen-bond donors (Lipinski definition) is 2. The van der Waals surface area contributed by atoms with E-state index in [0.29, 0.717) is 5.69 Å². The third-order valence-corrected chi connectivity index (χ3v) is 3.09. The van der Waals surface area contributed by atoms with Gasteiger partial charge in [-0.25, -0.2) is 4.63 Å². The maximum atomic E-state index is 10.9. The molecule has 8 nitrogen and oxygen atoms in total. The lowest BCUT2D eigenvalue weighted by Crippen LogP contribution is -2.41. The van der Waals surface area contributed by atoms with Crippen molar-refractivity contribution in [2.24, 2.45) is 0 Å². The van der Waals surface area contributed by atoms with Crippen LogP contribution in [0.1, 0.15) is 20.8 Å². The Labute approximate surface area is 108 Å². The van der Waals surface area contributed by atoms with Crippen LogP contribution < -0.4 is 5.32 Å². The normalized spacial score (nSPS) is 13.5. The SMILES string of the molecule is CC(O)C(C)(C)Nc1ccc([N+](=O)[O-])c2nonc12. The van der Waals surface area contributed by atoms with Gasteiger partial charge in [-0.2, -0.15) is 0 Å². The van der Waals surface area contributed by atoms with Crippen molar-refractivity contribution in [3.63, 3.8) is 0 Å². The Bertz CT molecular complexity index is 620. The maximum Gasteiger partial charge on any atom is 0.300 e. The van der Waals surface area contributed by atoms with Crippen LogP contribution in [-0.4, -0.2) is 32.0 Å². The van der Waals surface area contributed by atoms with Crippen molar-refractivity contribution in [3.8, 4) is 0 Å². The molecule has 2 aromatic rings. The van der Waals surface area contributed by atoms with Crippen LogP contribution in [0.5, 0.6) is 0 Å². The molecule has 1 aromatic heterocycles. The fraction of sp³-hybridized carbons (Fsp3) is 0.455. The highest BCUT2D eigenvalue weighted by Crippen LogP contribution is 2.30. The molecule has 0 aliphatic heterocycles. The Morgan fingerprint density at radius 2 is 2.05 bits per heavy atom. The van der Waals surface area contributed by atoms with Crippen LogP contribution in [0.25, 0.3) is 11.0 Å². The van der Waals surface area contributed by atoms with Gasteiger partial charge in [0.2, 0.25) is 5.52 Å². The summed E-state index contributed by atoms with van der Waals surface area (Å²) in [5.74, 6) is 0. The van der Waals surface area contributed by atoms with E-state index in [1.54, 1.807) is 20.8 Å². The fourth-order valence-electron chi connectivity index (χ4n) is 1.55. The number of nitrogens with zero attached hydrogens (tertiary/aromatic N) is 3. The predicted octanol–water partition coefficient (Wildman–Crippen LogP) is 1.70. The van der Waals surface area contributed by atoms with Crippen molar-refractivity contribution in [2.45, 2.75) is 32.4 Å². The molecule has 0 fully saturated rings. The first-order valence-corrected chi connectivity index (χ1v) is 5.69. The lowest BCUT2D eigenvalue weighted by molar-refractivity contribution is -0.383. The minimum atomic E-state index is -0.627. The first kappa shape index (κ1) is 13.2. The highest BCUT2D eigenvalue weighted by Gasteiger charge is 2.27. The molecule has 2 N–H and O–H groups in total. The quantitative estimate of drug-likeness (QED) is 0.639. The Morgan fingerprint density at radius 3 is 2.63 bits per heavy atom. The van der Waals surface area contributed by atoms with Crippen LogP contribution in [0.3, 0.4) is 0 Å². The van der Waals surface area contributed by atoms with Crippen molar-refractivity contribution >= 4 is 22.4 Å². The predicted molar refractivity (Wildman–Crippen MR) is 67.8 cm³/mol. The van der Waals surface area contributed by atoms with E-state index in [0.717, 1.165) is 0 Å². The largest absolute Gasteiger partial charge is 0.391 e. The van der Waals surface area contributed by atoms with Crippen molar-refractivity contribution in [1.29, 1.82) is 0 Å². The molecule has 0 bridgehead atoms. The average molecular weight is 266 g/mol. The Balaban J connectivity index is 2.49. The molecule has 0 aliphatic carbocycles. The van der Waals surface area contributed by atoms with E-state index in [-0.39, 0.29) is 16.7 Å². The van der Waals surface area contributed by atoms with Gasteiger partial charge in [0.15, 0.2) is 5.52 Å². The van der Waals surface area contributed by atoms with E-state index < -0.39 is 16.6 Å². The van der Waals surface area contributed by atoms with Gasteiger partial charge in [-0.05, 0) is 37.2 Å². The third kappa shape index (κ3) is 2.34. The Hall–Kier alpha value is -2.22. The smallest absolute Gasteiger partial charge is 0.300 e. The molecule has 0 radical (unpaired) electrons. The molecule has 1 aromatic carbocycles. The van der Waals surface area contributed by atoms with Gasteiger partial charge in [0.25, 0.3) is 0 Å². The number of nitro groups is 1. The van der Waals surface area contributed by atoms with Crippen molar-refractivity contribution in [2.75, 3.05) is 5.32 Å². The van der Waals surface area contributed by atoms with E-state index in [1.807, 2.05) is 0 Å². The van der Waals surface area contributed by atoms with Gasteiger partial charge < -0.3 is 10.4 Å². The number of nitrogens with one attached hydrogen (secondary N) is 1. The summed E-state index contributed by atoms with van der Waals surface area (Å²) >= 11 is 0. The van der Waals surface area contributed by atoms with Gasteiger partial charge in [-0.1, -0.05) is 0 Å². The summed E-state index contributed by atoms with van der Waals surface area (Å²) in [5.41, 5.74) is 0.0749.